The highest BCUT2D eigenvalue weighted by Crippen LogP contribution is 2.23. The van der Waals surface area contributed by atoms with Gasteiger partial charge in [-0.05, 0) is 37.5 Å². The van der Waals surface area contributed by atoms with Crippen molar-refractivity contribution in [3.8, 4) is 5.69 Å². The second kappa shape index (κ2) is 7.23. The van der Waals surface area contributed by atoms with Gasteiger partial charge in [0, 0.05) is 11.1 Å². The predicted molar refractivity (Wildman–Crippen MR) is 91.5 cm³/mol. The molecule has 0 saturated heterocycles. The van der Waals surface area contributed by atoms with Crippen LogP contribution in [-0.2, 0) is 4.79 Å². The van der Waals surface area contributed by atoms with E-state index in [1.54, 1.807) is 10.9 Å². The highest BCUT2D eigenvalue weighted by Gasteiger charge is 2.24. The van der Waals surface area contributed by atoms with Crippen molar-refractivity contribution in [3.05, 3.63) is 35.1 Å². The van der Waals surface area contributed by atoms with Crippen LogP contribution in [0.4, 0.5) is 4.79 Å². The molecule has 0 radical (unpaired) electrons. The van der Waals surface area contributed by atoms with Crippen LogP contribution in [-0.4, -0.2) is 38.5 Å². The molecule has 1 fully saturated rings. The van der Waals surface area contributed by atoms with Gasteiger partial charge in [-0.3, -0.25) is 14.7 Å². The zero-order chi connectivity index (χ0) is 17.1. The monoisotopic (exact) mass is 365 g/mol. The van der Waals surface area contributed by atoms with Crippen LogP contribution >= 0.6 is 23.4 Å². The Morgan fingerprint density at radius 1 is 1.42 bits per heavy atom. The lowest BCUT2D eigenvalue weighted by Gasteiger charge is -2.08. The Morgan fingerprint density at radius 2 is 2.21 bits per heavy atom. The number of thioether (sulfide) groups is 1. The van der Waals surface area contributed by atoms with Gasteiger partial charge in [-0.25, -0.2) is 4.79 Å². The minimum Gasteiger partial charge on any atom is -0.335 e. The van der Waals surface area contributed by atoms with Crippen molar-refractivity contribution < 1.29 is 9.59 Å². The van der Waals surface area contributed by atoms with Crippen molar-refractivity contribution in [2.24, 2.45) is 0 Å². The number of aromatic nitrogens is 3. The fourth-order valence-electron chi connectivity index (χ4n) is 1.97. The van der Waals surface area contributed by atoms with Crippen LogP contribution in [0.1, 0.15) is 18.4 Å². The van der Waals surface area contributed by atoms with Gasteiger partial charge in [-0.1, -0.05) is 29.4 Å². The van der Waals surface area contributed by atoms with E-state index in [1.807, 2.05) is 25.1 Å². The molecule has 2 aromatic rings. The van der Waals surface area contributed by atoms with E-state index in [9.17, 15) is 9.59 Å². The van der Waals surface area contributed by atoms with Gasteiger partial charge in [0.1, 0.15) is 6.33 Å². The first-order valence-electron chi connectivity index (χ1n) is 7.42. The number of urea groups is 1. The van der Waals surface area contributed by atoms with Gasteiger partial charge >= 0.3 is 6.03 Å². The number of nitrogens with one attached hydrogen (secondary N) is 2. The fraction of sp³-hybridized carbons (Fsp3) is 0.333. The van der Waals surface area contributed by atoms with Gasteiger partial charge in [0.2, 0.25) is 5.91 Å². The van der Waals surface area contributed by atoms with Crippen molar-refractivity contribution in [2.75, 3.05) is 5.75 Å². The number of benzene rings is 1. The zero-order valence-electron chi connectivity index (χ0n) is 13.0. The third-order valence-electron chi connectivity index (χ3n) is 3.45. The number of rotatable bonds is 5. The first-order chi connectivity index (χ1) is 11.5. The normalized spacial score (nSPS) is 13.6. The molecule has 1 aromatic heterocycles. The van der Waals surface area contributed by atoms with E-state index in [4.69, 9.17) is 11.6 Å². The summed E-state index contributed by atoms with van der Waals surface area (Å²) in [5, 5.41) is 14.1. The number of halogens is 1. The summed E-state index contributed by atoms with van der Waals surface area (Å²) in [6.07, 6.45) is 3.50. The summed E-state index contributed by atoms with van der Waals surface area (Å²) in [6, 6.07) is 5.38. The van der Waals surface area contributed by atoms with Gasteiger partial charge in [0.05, 0.1) is 11.4 Å². The second-order valence-electron chi connectivity index (χ2n) is 5.50. The van der Waals surface area contributed by atoms with E-state index in [1.165, 1.54) is 11.8 Å². The molecule has 24 heavy (non-hydrogen) atoms. The lowest BCUT2D eigenvalue weighted by Crippen LogP contribution is -2.41. The third-order valence-corrected chi connectivity index (χ3v) is 4.80. The summed E-state index contributed by atoms with van der Waals surface area (Å²) >= 11 is 7.34. The van der Waals surface area contributed by atoms with E-state index in [2.05, 4.69) is 20.8 Å². The van der Waals surface area contributed by atoms with E-state index in [-0.39, 0.29) is 17.7 Å². The number of carbonyl (C=O) groups is 2. The number of aryl methyl sites for hydroxylation is 1. The maximum atomic E-state index is 11.8. The van der Waals surface area contributed by atoms with E-state index in [0.29, 0.717) is 10.2 Å². The maximum Gasteiger partial charge on any atom is 0.321 e. The fourth-order valence-corrected chi connectivity index (χ4v) is 2.88. The lowest BCUT2D eigenvalue weighted by atomic mass is 10.2. The average molecular weight is 366 g/mol. The number of amides is 3. The standard InChI is InChI=1S/C15H16ClN5O2S/c1-9-2-5-11(6-12(9)16)21-8-17-20-15(21)24-7-13(22)19-14(23)18-10-3-4-10/h2,5-6,8,10H,3-4,7H2,1H3,(H2,18,19,22,23). The summed E-state index contributed by atoms with van der Waals surface area (Å²) in [7, 11) is 0. The molecule has 2 N–H and O–H groups in total. The number of nitrogens with zero attached hydrogens (tertiary/aromatic N) is 3. The molecule has 126 valence electrons. The van der Waals surface area contributed by atoms with Crippen LogP contribution in [0.25, 0.3) is 5.69 Å². The third kappa shape index (κ3) is 4.27. The predicted octanol–water partition coefficient (Wildman–Crippen LogP) is 2.31. The van der Waals surface area contributed by atoms with Crippen molar-refractivity contribution in [2.45, 2.75) is 31.0 Å². The maximum absolute atomic E-state index is 11.8. The summed E-state index contributed by atoms with van der Waals surface area (Å²) in [5.74, 6) is -0.314. The number of hydrogen-bond acceptors (Lipinski definition) is 5. The van der Waals surface area contributed by atoms with Crippen LogP contribution < -0.4 is 10.6 Å². The minimum absolute atomic E-state index is 0.0658. The number of hydrogen-bond donors (Lipinski definition) is 2. The minimum atomic E-state index is -0.449. The molecule has 0 unspecified atom stereocenters. The van der Waals surface area contributed by atoms with Gasteiger partial charge < -0.3 is 5.32 Å². The lowest BCUT2D eigenvalue weighted by molar-refractivity contribution is -0.117. The quantitative estimate of drug-likeness (QED) is 0.794. The number of imide groups is 1. The summed E-state index contributed by atoms with van der Waals surface area (Å²) in [4.78, 5) is 23.3. The van der Waals surface area contributed by atoms with Crippen molar-refractivity contribution >= 4 is 35.3 Å². The molecule has 1 saturated carbocycles. The Labute approximate surface area is 148 Å². The Bertz CT molecular complexity index is 775. The van der Waals surface area contributed by atoms with Gasteiger partial charge in [-0.2, -0.15) is 0 Å². The molecule has 0 bridgehead atoms. The summed E-state index contributed by atoms with van der Waals surface area (Å²) in [6.45, 7) is 1.92. The van der Waals surface area contributed by atoms with Crippen LogP contribution in [0.2, 0.25) is 5.02 Å². The van der Waals surface area contributed by atoms with Crippen LogP contribution in [0.15, 0.2) is 29.7 Å². The molecular weight excluding hydrogens is 350 g/mol. The molecule has 3 amide bonds. The molecule has 9 heteroatoms. The molecule has 3 rings (SSSR count). The van der Waals surface area contributed by atoms with Gasteiger partial charge in [0.15, 0.2) is 5.16 Å². The van der Waals surface area contributed by atoms with E-state index < -0.39 is 6.03 Å². The Morgan fingerprint density at radius 3 is 2.92 bits per heavy atom. The number of carbonyl (C=O) groups excluding carboxylic acids is 2. The van der Waals surface area contributed by atoms with Crippen LogP contribution in [0.3, 0.4) is 0 Å². The molecule has 0 atom stereocenters. The summed E-state index contributed by atoms with van der Waals surface area (Å²) < 4.78 is 1.74. The van der Waals surface area contributed by atoms with Gasteiger partial charge in [0.25, 0.3) is 0 Å². The first-order valence-corrected chi connectivity index (χ1v) is 8.79. The van der Waals surface area contributed by atoms with Crippen molar-refractivity contribution in [1.29, 1.82) is 0 Å². The molecule has 1 aliphatic carbocycles. The topological polar surface area (TPSA) is 88.9 Å². The Balaban J connectivity index is 1.59. The second-order valence-corrected chi connectivity index (χ2v) is 6.85. The average Bonchev–Trinajstić information content (AvgIpc) is 3.22. The van der Waals surface area contributed by atoms with E-state index >= 15 is 0 Å². The summed E-state index contributed by atoms with van der Waals surface area (Å²) in [5.41, 5.74) is 1.79. The molecule has 0 aliphatic heterocycles. The molecule has 1 heterocycles. The Hall–Kier alpha value is -2.06. The first kappa shape index (κ1) is 16.8. The van der Waals surface area contributed by atoms with Gasteiger partial charge in [-0.15, -0.1) is 10.2 Å². The molecule has 0 spiro atoms. The molecular formula is C15H16ClN5O2S. The largest absolute Gasteiger partial charge is 0.335 e. The van der Waals surface area contributed by atoms with Crippen LogP contribution in [0.5, 0.6) is 0 Å². The highest BCUT2D eigenvalue weighted by atomic mass is 35.5. The van der Waals surface area contributed by atoms with Crippen molar-refractivity contribution in [3.63, 3.8) is 0 Å². The zero-order valence-corrected chi connectivity index (χ0v) is 14.5. The highest BCUT2D eigenvalue weighted by molar-refractivity contribution is 7.99. The Kier molecular flexibility index (Phi) is 5.06. The van der Waals surface area contributed by atoms with Crippen LogP contribution in [0, 0.1) is 6.92 Å². The molecule has 1 aromatic carbocycles. The smallest absolute Gasteiger partial charge is 0.321 e. The molecule has 1 aliphatic rings. The SMILES string of the molecule is Cc1ccc(-n2cnnc2SCC(=O)NC(=O)NC2CC2)cc1Cl. The molecule has 7 nitrogen and oxygen atoms in total. The van der Waals surface area contributed by atoms with Crippen molar-refractivity contribution in [1.82, 2.24) is 25.4 Å². The van der Waals surface area contributed by atoms with E-state index in [0.717, 1.165) is 24.1 Å².